The lowest BCUT2D eigenvalue weighted by atomic mass is 10.0. The summed E-state index contributed by atoms with van der Waals surface area (Å²) in [6.45, 7) is -0.0857. The van der Waals surface area contributed by atoms with Crippen LogP contribution in [0.1, 0.15) is 0 Å². The molecule has 0 saturated carbocycles. The minimum absolute atomic E-state index is 0.0225. The van der Waals surface area contributed by atoms with Crippen LogP contribution in [-0.2, 0) is 4.74 Å². The highest BCUT2D eigenvalue weighted by atomic mass is 16.7. The molecule has 0 spiro atoms. The fourth-order valence-corrected chi connectivity index (χ4v) is 1.77. The fraction of sp³-hybridized carbons (Fsp3) is 0.143. The molecular formula is C14H14O5. The van der Waals surface area contributed by atoms with E-state index in [2.05, 4.69) is 0 Å². The Balaban J connectivity index is 2.61. The Kier molecular flexibility index (Phi) is 3.77. The maximum Gasteiger partial charge on any atom is 0.188 e. The zero-order chi connectivity index (χ0) is 13.8. The smallest absolute Gasteiger partial charge is 0.188 e. The second-order valence-corrected chi connectivity index (χ2v) is 3.88. The predicted molar refractivity (Wildman–Crippen MR) is 69.4 cm³/mol. The SMILES string of the molecule is COCOc1c(O)ccc(O)c1-c1ccccc1O. The lowest BCUT2D eigenvalue weighted by molar-refractivity contribution is 0.0495. The third-order valence-corrected chi connectivity index (χ3v) is 2.61. The Morgan fingerprint density at radius 3 is 2.26 bits per heavy atom. The van der Waals surface area contributed by atoms with Crippen LogP contribution in [0.25, 0.3) is 11.1 Å². The first kappa shape index (κ1) is 13.0. The molecule has 0 aromatic heterocycles. The van der Waals surface area contributed by atoms with Gasteiger partial charge in [-0.15, -0.1) is 0 Å². The summed E-state index contributed by atoms with van der Waals surface area (Å²) in [4.78, 5) is 0. The van der Waals surface area contributed by atoms with Crippen molar-refractivity contribution >= 4 is 0 Å². The molecule has 0 atom stereocenters. The average Bonchev–Trinajstić information content (AvgIpc) is 2.41. The minimum atomic E-state index is -0.145. The molecule has 0 aliphatic heterocycles. The van der Waals surface area contributed by atoms with E-state index in [1.165, 1.54) is 25.3 Å². The van der Waals surface area contributed by atoms with E-state index in [4.69, 9.17) is 9.47 Å². The predicted octanol–water partition coefficient (Wildman–Crippen LogP) is 2.45. The molecule has 0 radical (unpaired) electrons. The van der Waals surface area contributed by atoms with Gasteiger partial charge in [-0.25, -0.2) is 0 Å². The van der Waals surface area contributed by atoms with Gasteiger partial charge in [0.15, 0.2) is 18.3 Å². The maximum absolute atomic E-state index is 9.95. The van der Waals surface area contributed by atoms with Crippen molar-refractivity contribution in [1.29, 1.82) is 0 Å². The van der Waals surface area contributed by atoms with E-state index in [1.54, 1.807) is 18.2 Å². The Bertz CT molecular complexity index is 580. The van der Waals surface area contributed by atoms with Crippen molar-refractivity contribution in [2.24, 2.45) is 0 Å². The molecule has 0 saturated heterocycles. The lowest BCUT2D eigenvalue weighted by Crippen LogP contribution is -2.01. The van der Waals surface area contributed by atoms with Gasteiger partial charge in [0.25, 0.3) is 0 Å². The van der Waals surface area contributed by atoms with Crippen molar-refractivity contribution in [3.8, 4) is 34.1 Å². The molecule has 5 heteroatoms. The average molecular weight is 262 g/mol. The summed E-state index contributed by atoms with van der Waals surface area (Å²) in [5, 5.41) is 29.6. The minimum Gasteiger partial charge on any atom is -0.507 e. The number of benzene rings is 2. The van der Waals surface area contributed by atoms with E-state index in [0.717, 1.165) is 0 Å². The van der Waals surface area contributed by atoms with E-state index < -0.39 is 0 Å². The Labute approximate surface area is 110 Å². The van der Waals surface area contributed by atoms with Crippen LogP contribution in [0.4, 0.5) is 0 Å². The molecule has 5 nitrogen and oxygen atoms in total. The summed E-state index contributed by atoms with van der Waals surface area (Å²) in [5.41, 5.74) is 0.581. The summed E-state index contributed by atoms with van der Waals surface area (Å²) in [7, 11) is 1.44. The van der Waals surface area contributed by atoms with Crippen LogP contribution >= 0.6 is 0 Å². The van der Waals surface area contributed by atoms with E-state index in [1.807, 2.05) is 0 Å². The Morgan fingerprint density at radius 2 is 1.58 bits per heavy atom. The van der Waals surface area contributed by atoms with Crippen molar-refractivity contribution in [2.45, 2.75) is 0 Å². The van der Waals surface area contributed by atoms with Crippen LogP contribution in [0.3, 0.4) is 0 Å². The molecule has 19 heavy (non-hydrogen) atoms. The van der Waals surface area contributed by atoms with E-state index in [9.17, 15) is 15.3 Å². The standard InChI is InChI=1S/C14H14O5/c1-18-8-19-14-12(17)7-6-11(16)13(14)9-4-2-3-5-10(9)15/h2-7,15-17H,8H2,1H3. The fourth-order valence-electron chi connectivity index (χ4n) is 1.77. The van der Waals surface area contributed by atoms with Gasteiger partial charge < -0.3 is 24.8 Å². The first-order chi connectivity index (χ1) is 9.15. The molecule has 2 aromatic rings. The van der Waals surface area contributed by atoms with E-state index >= 15 is 0 Å². The number of phenolic OH excluding ortho intramolecular Hbond substituents is 3. The number of ether oxygens (including phenoxy) is 2. The van der Waals surface area contributed by atoms with Crippen LogP contribution in [0, 0.1) is 0 Å². The van der Waals surface area contributed by atoms with E-state index in [0.29, 0.717) is 5.56 Å². The number of phenols is 3. The first-order valence-electron chi connectivity index (χ1n) is 5.60. The highest BCUT2D eigenvalue weighted by Crippen LogP contribution is 2.46. The number of hydrogen-bond donors (Lipinski definition) is 3. The van der Waals surface area contributed by atoms with Gasteiger partial charge in [-0.05, 0) is 18.2 Å². The quantitative estimate of drug-likeness (QED) is 0.582. The molecule has 2 rings (SSSR count). The van der Waals surface area contributed by atoms with Crippen molar-refractivity contribution in [3.63, 3.8) is 0 Å². The van der Waals surface area contributed by atoms with E-state index in [-0.39, 0.29) is 35.4 Å². The number of aromatic hydroxyl groups is 3. The van der Waals surface area contributed by atoms with Gasteiger partial charge in [0.1, 0.15) is 11.5 Å². The maximum atomic E-state index is 9.95. The number of methoxy groups -OCH3 is 1. The van der Waals surface area contributed by atoms with Crippen molar-refractivity contribution in [3.05, 3.63) is 36.4 Å². The molecule has 100 valence electrons. The third kappa shape index (κ3) is 2.56. The summed E-state index contributed by atoms with van der Waals surface area (Å²) in [6.07, 6.45) is 0. The van der Waals surface area contributed by atoms with Crippen molar-refractivity contribution in [2.75, 3.05) is 13.9 Å². The molecule has 0 amide bonds. The molecular weight excluding hydrogens is 248 g/mol. The second kappa shape index (κ2) is 5.49. The van der Waals surface area contributed by atoms with Crippen LogP contribution < -0.4 is 4.74 Å². The Hall–Kier alpha value is -2.40. The molecule has 0 fully saturated rings. The van der Waals surface area contributed by atoms with Gasteiger partial charge in [0, 0.05) is 12.7 Å². The molecule has 0 unspecified atom stereocenters. The molecule has 0 aliphatic carbocycles. The molecule has 0 aliphatic rings. The van der Waals surface area contributed by atoms with Crippen molar-refractivity contribution < 1.29 is 24.8 Å². The van der Waals surface area contributed by atoms with Crippen LogP contribution in [0.2, 0.25) is 0 Å². The molecule has 3 N–H and O–H groups in total. The highest BCUT2D eigenvalue weighted by molar-refractivity contribution is 5.82. The third-order valence-electron chi connectivity index (χ3n) is 2.61. The van der Waals surface area contributed by atoms with Crippen LogP contribution in [-0.4, -0.2) is 29.2 Å². The lowest BCUT2D eigenvalue weighted by Gasteiger charge is -2.14. The monoisotopic (exact) mass is 262 g/mol. The summed E-state index contributed by atoms with van der Waals surface area (Å²) >= 11 is 0. The van der Waals surface area contributed by atoms with Gasteiger partial charge in [0.2, 0.25) is 0 Å². The van der Waals surface area contributed by atoms with Crippen LogP contribution in [0.15, 0.2) is 36.4 Å². The molecule has 0 heterocycles. The van der Waals surface area contributed by atoms with Gasteiger partial charge in [-0.1, -0.05) is 18.2 Å². The van der Waals surface area contributed by atoms with Gasteiger partial charge in [0.05, 0.1) is 5.56 Å². The summed E-state index contributed by atoms with van der Waals surface area (Å²) in [6, 6.07) is 9.11. The van der Waals surface area contributed by atoms with Gasteiger partial charge in [-0.3, -0.25) is 0 Å². The second-order valence-electron chi connectivity index (χ2n) is 3.88. The zero-order valence-electron chi connectivity index (χ0n) is 10.3. The number of para-hydroxylation sites is 1. The largest absolute Gasteiger partial charge is 0.507 e. The summed E-state index contributed by atoms with van der Waals surface area (Å²) < 4.78 is 10.0. The van der Waals surface area contributed by atoms with Gasteiger partial charge in [-0.2, -0.15) is 0 Å². The van der Waals surface area contributed by atoms with Crippen molar-refractivity contribution in [1.82, 2.24) is 0 Å². The highest BCUT2D eigenvalue weighted by Gasteiger charge is 2.18. The number of hydrogen-bond acceptors (Lipinski definition) is 5. The Morgan fingerprint density at radius 1 is 0.895 bits per heavy atom. The normalized spacial score (nSPS) is 10.4. The van der Waals surface area contributed by atoms with Crippen LogP contribution in [0.5, 0.6) is 23.0 Å². The summed E-state index contributed by atoms with van der Waals surface area (Å²) in [5.74, 6) is -0.215. The topological polar surface area (TPSA) is 79.2 Å². The molecule has 2 aromatic carbocycles. The molecule has 0 bridgehead atoms. The first-order valence-corrected chi connectivity index (χ1v) is 5.60. The zero-order valence-corrected chi connectivity index (χ0v) is 10.3. The van der Waals surface area contributed by atoms with Gasteiger partial charge >= 0.3 is 0 Å². The number of rotatable bonds is 4.